The van der Waals surface area contributed by atoms with E-state index in [4.69, 9.17) is 0 Å². The molecule has 2 nitrogen and oxygen atoms in total. The van der Waals surface area contributed by atoms with Crippen LogP contribution in [0.5, 0.6) is 0 Å². The van der Waals surface area contributed by atoms with Crippen molar-refractivity contribution in [1.82, 2.24) is 9.55 Å². The number of alkyl halides is 2. The summed E-state index contributed by atoms with van der Waals surface area (Å²) in [6.45, 7) is 0. The Labute approximate surface area is 147 Å². The monoisotopic (exact) mass is 436 g/mol. The van der Waals surface area contributed by atoms with Gasteiger partial charge in [0, 0.05) is 33.7 Å². The lowest BCUT2D eigenvalue weighted by Gasteiger charge is -2.29. The average Bonchev–Trinajstić information content (AvgIpc) is 3.13. The van der Waals surface area contributed by atoms with E-state index in [9.17, 15) is 8.78 Å². The first-order valence-corrected chi connectivity index (χ1v) is 9.59. The molecule has 2 aromatic rings. The quantitative estimate of drug-likeness (QED) is 0.547. The molecule has 2 heterocycles. The third-order valence-corrected chi connectivity index (χ3v) is 6.84. The highest BCUT2D eigenvalue weighted by Crippen LogP contribution is 2.40. The molecule has 22 heavy (non-hydrogen) atoms. The molecule has 1 aliphatic rings. The third kappa shape index (κ3) is 3.88. The van der Waals surface area contributed by atoms with Crippen molar-refractivity contribution < 1.29 is 8.78 Å². The van der Waals surface area contributed by atoms with Crippen LogP contribution in [0.2, 0.25) is 0 Å². The summed E-state index contributed by atoms with van der Waals surface area (Å²) in [5.74, 6) is -1.99. The largest absolute Gasteiger partial charge is 0.329 e. The second kappa shape index (κ2) is 6.95. The van der Waals surface area contributed by atoms with Crippen LogP contribution in [0.3, 0.4) is 0 Å². The van der Waals surface area contributed by atoms with Crippen LogP contribution < -0.4 is 0 Å². The van der Waals surface area contributed by atoms with E-state index in [0.717, 1.165) is 12.8 Å². The highest BCUT2D eigenvalue weighted by molar-refractivity contribution is 14.1. The van der Waals surface area contributed by atoms with Gasteiger partial charge in [0.2, 0.25) is 5.92 Å². The summed E-state index contributed by atoms with van der Waals surface area (Å²) >= 11 is 4.14. The molecule has 1 saturated carbocycles. The van der Waals surface area contributed by atoms with Gasteiger partial charge in [0.05, 0.1) is 12.4 Å². The summed E-state index contributed by atoms with van der Waals surface area (Å²) in [6, 6.07) is 2.41. The molecular formula is C16H19F2IN2S. The Morgan fingerprint density at radius 2 is 2.18 bits per heavy atom. The van der Waals surface area contributed by atoms with E-state index in [-0.39, 0.29) is 18.9 Å². The van der Waals surface area contributed by atoms with Gasteiger partial charge in [-0.3, -0.25) is 0 Å². The summed E-state index contributed by atoms with van der Waals surface area (Å²) in [4.78, 5) is 5.51. The Bertz CT molecular complexity index is 587. The summed E-state index contributed by atoms with van der Waals surface area (Å²) in [7, 11) is 0. The first-order chi connectivity index (χ1) is 10.6. The van der Waals surface area contributed by atoms with Gasteiger partial charge < -0.3 is 4.57 Å². The molecule has 1 aliphatic carbocycles. The summed E-state index contributed by atoms with van der Waals surface area (Å²) < 4.78 is 29.9. The van der Waals surface area contributed by atoms with Crippen LogP contribution in [0.1, 0.15) is 49.4 Å². The van der Waals surface area contributed by atoms with E-state index in [2.05, 4.69) is 43.6 Å². The van der Waals surface area contributed by atoms with Gasteiger partial charge in [-0.2, -0.15) is 0 Å². The van der Waals surface area contributed by atoms with Gasteiger partial charge in [0.1, 0.15) is 0 Å². The van der Waals surface area contributed by atoms with Crippen LogP contribution in [0.4, 0.5) is 8.78 Å². The van der Waals surface area contributed by atoms with Gasteiger partial charge >= 0.3 is 0 Å². The second-order valence-corrected chi connectivity index (χ2v) is 8.15. The maximum atomic E-state index is 13.3. The van der Waals surface area contributed by atoms with Gasteiger partial charge in [0.15, 0.2) is 0 Å². The molecule has 0 aromatic carbocycles. The van der Waals surface area contributed by atoms with E-state index >= 15 is 0 Å². The fourth-order valence-electron chi connectivity index (χ4n) is 3.19. The highest BCUT2D eigenvalue weighted by atomic mass is 127. The van der Waals surface area contributed by atoms with Gasteiger partial charge in [-0.05, 0) is 65.6 Å². The second-order valence-electron chi connectivity index (χ2n) is 6.04. The molecule has 6 heteroatoms. The molecule has 0 N–H and O–H groups in total. The van der Waals surface area contributed by atoms with Crippen LogP contribution in [0, 0.1) is 9.49 Å². The van der Waals surface area contributed by atoms with E-state index < -0.39 is 5.92 Å². The maximum Gasteiger partial charge on any atom is 0.248 e. The first-order valence-electron chi connectivity index (χ1n) is 7.63. The standard InChI is InChI=1S/C16H19F2IN2S/c17-16(18)6-3-12(4-7-16)1-2-14(21-9-8-20-11-21)15-13(19)5-10-22-15/h5,8-12,14H,1-4,6-7H2. The fourth-order valence-corrected chi connectivity index (χ4v) is 5.29. The normalized spacial score (nSPS) is 20.1. The number of rotatable bonds is 5. The van der Waals surface area contributed by atoms with Gasteiger partial charge in [-0.15, -0.1) is 11.3 Å². The number of aromatic nitrogens is 2. The zero-order valence-electron chi connectivity index (χ0n) is 12.2. The van der Waals surface area contributed by atoms with Crippen LogP contribution in [0.25, 0.3) is 0 Å². The lowest BCUT2D eigenvalue weighted by Crippen LogP contribution is -2.25. The number of thiophene rings is 1. The topological polar surface area (TPSA) is 17.8 Å². The predicted molar refractivity (Wildman–Crippen MR) is 93.5 cm³/mol. The van der Waals surface area contributed by atoms with E-state index in [1.54, 1.807) is 17.5 Å². The zero-order chi connectivity index (χ0) is 15.6. The number of hydrogen-bond donors (Lipinski definition) is 0. The van der Waals surface area contributed by atoms with Crippen molar-refractivity contribution in [1.29, 1.82) is 0 Å². The van der Waals surface area contributed by atoms with Crippen molar-refractivity contribution in [2.75, 3.05) is 0 Å². The molecule has 0 amide bonds. The lowest BCUT2D eigenvalue weighted by atomic mass is 9.83. The highest BCUT2D eigenvalue weighted by Gasteiger charge is 2.35. The molecule has 1 fully saturated rings. The molecule has 2 aromatic heterocycles. The van der Waals surface area contributed by atoms with Gasteiger partial charge in [-0.25, -0.2) is 13.8 Å². The van der Waals surface area contributed by atoms with Gasteiger partial charge in [-0.1, -0.05) is 0 Å². The molecule has 1 unspecified atom stereocenters. The van der Waals surface area contributed by atoms with E-state index in [1.165, 1.54) is 8.45 Å². The molecule has 120 valence electrons. The maximum absolute atomic E-state index is 13.3. The molecular weight excluding hydrogens is 417 g/mol. The molecule has 0 bridgehead atoms. The Balaban J connectivity index is 1.66. The average molecular weight is 436 g/mol. The van der Waals surface area contributed by atoms with Crippen LogP contribution in [-0.2, 0) is 0 Å². The van der Waals surface area contributed by atoms with Crippen molar-refractivity contribution in [3.05, 3.63) is 38.6 Å². The van der Waals surface area contributed by atoms with Crippen molar-refractivity contribution in [2.45, 2.75) is 50.5 Å². The Kier molecular flexibility index (Phi) is 5.17. The minimum Gasteiger partial charge on any atom is -0.329 e. The first kappa shape index (κ1) is 16.4. The smallest absolute Gasteiger partial charge is 0.248 e. The van der Waals surface area contributed by atoms with E-state index in [0.29, 0.717) is 18.8 Å². The molecule has 3 rings (SSSR count). The van der Waals surface area contributed by atoms with E-state index in [1.807, 2.05) is 12.5 Å². The van der Waals surface area contributed by atoms with Gasteiger partial charge in [0.25, 0.3) is 0 Å². The lowest BCUT2D eigenvalue weighted by molar-refractivity contribution is -0.0468. The summed E-state index contributed by atoms with van der Waals surface area (Å²) in [5.41, 5.74) is 0. The fraction of sp³-hybridized carbons (Fsp3) is 0.562. The summed E-state index contributed by atoms with van der Waals surface area (Å²) in [6.07, 6.45) is 9.08. The van der Waals surface area contributed by atoms with Crippen molar-refractivity contribution >= 4 is 33.9 Å². The molecule has 0 aliphatic heterocycles. The molecule has 0 spiro atoms. The summed E-state index contributed by atoms with van der Waals surface area (Å²) in [5, 5.41) is 2.11. The molecule has 0 saturated heterocycles. The van der Waals surface area contributed by atoms with Crippen LogP contribution in [-0.4, -0.2) is 15.5 Å². The number of imidazole rings is 1. The van der Waals surface area contributed by atoms with Crippen molar-refractivity contribution in [3.8, 4) is 0 Å². The van der Waals surface area contributed by atoms with Crippen molar-refractivity contribution in [3.63, 3.8) is 0 Å². The third-order valence-electron chi connectivity index (χ3n) is 4.52. The predicted octanol–water partition coefficient (Wildman–Crippen LogP) is 5.74. The minimum absolute atomic E-state index is 0.0595. The minimum atomic E-state index is -2.43. The number of hydrogen-bond acceptors (Lipinski definition) is 2. The number of halogens is 3. The Morgan fingerprint density at radius 3 is 2.77 bits per heavy atom. The Morgan fingerprint density at radius 1 is 1.41 bits per heavy atom. The number of nitrogens with zero attached hydrogens (tertiary/aromatic N) is 2. The molecule has 0 radical (unpaired) electrons. The van der Waals surface area contributed by atoms with Crippen LogP contribution in [0.15, 0.2) is 30.2 Å². The van der Waals surface area contributed by atoms with Crippen LogP contribution >= 0.6 is 33.9 Å². The SMILES string of the molecule is FC1(F)CCC(CCC(c2sccc2I)n2ccnc2)CC1. The molecule has 1 atom stereocenters. The van der Waals surface area contributed by atoms with Crippen molar-refractivity contribution in [2.24, 2.45) is 5.92 Å². The zero-order valence-corrected chi connectivity index (χ0v) is 15.2. The Hall–Kier alpha value is -0.500.